The Bertz CT molecular complexity index is 337. The van der Waals surface area contributed by atoms with Gasteiger partial charge in [0.25, 0.3) is 0 Å². The Morgan fingerprint density at radius 1 is 1.73 bits per heavy atom. The Hall–Kier alpha value is -1.07. The number of aromatic nitrogens is 2. The summed E-state index contributed by atoms with van der Waals surface area (Å²) in [6, 6.07) is 0. The smallest absolute Gasteiger partial charge is 0.241 e. The molecule has 0 atom stereocenters. The normalized spacial score (nSPS) is 10.3. The molecule has 0 radical (unpaired) electrons. The Morgan fingerprint density at radius 2 is 2.47 bits per heavy atom. The van der Waals surface area contributed by atoms with E-state index >= 15 is 0 Å². The van der Waals surface area contributed by atoms with Crippen molar-refractivity contribution in [1.29, 1.82) is 0 Å². The van der Waals surface area contributed by atoms with Crippen LogP contribution in [-0.4, -0.2) is 28.8 Å². The van der Waals surface area contributed by atoms with Gasteiger partial charge in [-0.25, -0.2) is 0 Å². The van der Waals surface area contributed by atoms with E-state index in [0.717, 1.165) is 12.1 Å². The number of nitrogens with two attached hydrogens (primary N) is 1. The summed E-state index contributed by atoms with van der Waals surface area (Å²) in [4.78, 5) is 11.4. The highest BCUT2D eigenvalue weighted by atomic mass is 35.5. The fourth-order valence-electron chi connectivity index (χ4n) is 1.10. The van der Waals surface area contributed by atoms with Crippen molar-refractivity contribution in [2.45, 2.75) is 19.9 Å². The minimum atomic E-state index is -0.0775. The molecule has 1 amide bonds. The average Bonchev–Trinajstić information content (AvgIpc) is 2.50. The number of hydrogen-bond acceptors (Lipinski definition) is 3. The van der Waals surface area contributed by atoms with Crippen LogP contribution in [-0.2, 0) is 11.3 Å². The molecule has 0 aliphatic carbocycles. The fourth-order valence-corrected chi connectivity index (χ4v) is 1.25. The quantitative estimate of drug-likeness (QED) is 0.715. The highest BCUT2D eigenvalue weighted by Crippen LogP contribution is 2.12. The Labute approximate surface area is 93.6 Å². The molecule has 84 valence electrons. The first-order valence-electron chi connectivity index (χ1n) is 4.80. The van der Waals surface area contributed by atoms with Crippen molar-refractivity contribution in [3.63, 3.8) is 0 Å². The summed E-state index contributed by atoms with van der Waals surface area (Å²) >= 11 is 5.81. The first-order chi connectivity index (χ1) is 7.15. The summed E-state index contributed by atoms with van der Waals surface area (Å²) in [5.74, 6) is -0.0775. The van der Waals surface area contributed by atoms with Gasteiger partial charge in [0.1, 0.15) is 6.54 Å². The van der Waals surface area contributed by atoms with Crippen LogP contribution in [0.5, 0.6) is 0 Å². The number of halogens is 1. The van der Waals surface area contributed by atoms with E-state index in [1.165, 1.54) is 6.20 Å². The minimum absolute atomic E-state index is 0.0775. The van der Waals surface area contributed by atoms with E-state index in [9.17, 15) is 4.79 Å². The predicted octanol–water partition coefficient (Wildman–Crippen LogP) is 0.310. The van der Waals surface area contributed by atoms with Crippen molar-refractivity contribution in [1.82, 2.24) is 15.1 Å². The van der Waals surface area contributed by atoms with Crippen molar-refractivity contribution in [2.24, 2.45) is 5.73 Å². The molecule has 0 spiro atoms. The van der Waals surface area contributed by atoms with E-state index in [2.05, 4.69) is 10.4 Å². The van der Waals surface area contributed by atoms with E-state index in [-0.39, 0.29) is 12.5 Å². The molecule has 0 aliphatic rings. The van der Waals surface area contributed by atoms with Crippen LogP contribution in [0.25, 0.3) is 0 Å². The molecule has 5 nitrogen and oxygen atoms in total. The molecule has 1 aromatic heterocycles. The first-order valence-corrected chi connectivity index (χ1v) is 5.17. The number of hydrogen-bond donors (Lipinski definition) is 2. The molecule has 0 saturated heterocycles. The molecule has 0 fully saturated rings. The van der Waals surface area contributed by atoms with Crippen LogP contribution in [0.1, 0.15) is 12.1 Å². The van der Waals surface area contributed by atoms with Crippen LogP contribution < -0.4 is 11.1 Å². The molecular formula is C9H15ClN4O. The third kappa shape index (κ3) is 3.53. The lowest BCUT2D eigenvalue weighted by molar-refractivity contribution is -0.121. The molecule has 15 heavy (non-hydrogen) atoms. The zero-order valence-electron chi connectivity index (χ0n) is 8.66. The molecule has 1 heterocycles. The van der Waals surface area contributed by atoms with Gasteiger partial charge in [0.05, 0.1) is 16.9 Å². The summed E-state index contributed by atoms with van der Waals surface area (Å²) in [5, 5.41) is 7.30. The predicted molar refractivity (Wildman–Crippen MR) is 58.7 cm³/mol. The second kappa shape index (κ2) is 5.72. The SMILES string of the molecule is Cc1c(Cl)cnn1CC(=O)NCCCN. The van der Waals surface area contributed by atoms with Crippen molar-refractivity contribution in [3.8, 4) is 0 Å². The van der Waals surface area contributed by atoms with Gasteiger partial charge in [-0.3, -0.25) is 9.48 Å². The number of rotatable bonds is 5. The van der Waals surface area contributed by atoms with Crippen LogP contribution in [0.2, 0.25) is 5.02 Å². The molecular weight excluding hydrogens is 216 g/mol. The van der Waals surface area contributed by atoms with Gasteiger partial charge < -0.3 is 11.1 Å². The van der Waals surface area contributed by atoms with Gasteiger partial charge in [0, 0.05) is 6.54 Å². The molecule has 1 aromatic rings. The van der Waals surface area contributed by atoms with Crippen LogP contribution in [0.15, 0.2) is 6.20 Å². The van der Waals surface area contributed by atoms with E-state index in [1.54, 1.807) is 4.68 Å². The standard InChI is InChI=1S/C9H15ClN4O/c1-7-8(10)5-13-14(7)6-9(15)12-4-2-3-11/h5H,2-4,6,11H2,1H3,(H,12,15). The fraction of sp³-hybridized carbons (Fsp3) is 0.556. The van der Waals surface area contributed by atoms with Gasteiger partial charge >= 0.3 is 0 Å². The first kappa shape index (κ1) is 12.0. The zero-order chi connectivity index (χ0) is 11.3. The average molecular weight is 231 g/mol. The monoisotopic (exact) mass is 230 g/mol. The number of amides is 1. The van der Waals surface area contributed by atoms with Gasteiger partial charge in [-0.15, -0.1) is 0 Å². The topological polar surface area (TPSA) is 72.9 Å². The number of nitrogens with one attached hydrogen (secondary N) is 1. The molecule has 0 aromatic carbocycles. The third-order valence-electron chi connectivity index (χ3n) is 2.04. The van der Waals surface area contributed by atoms with Crippen LogP contribution >= 0.6 is 11.6 Å². The summed E-state index contributed by atoms with van der Waals surface area (Å²) < 4.78 is 1.57. The number of carbonyl (C=O) groups is 1. The lowest BCUT2D eigenvalue weighted by atomic mass is 10.4. The second-order valence-corrected chi connectivity index (χ2v) is 3.63. The van der Waals surface area contributed by atoms with Crippen LogP contribution in [0.3, 0.4) is 0 Å². The summed E-state index contributed by atoms with van der Waals surface area (Å²) in [6.45, 7) is 3.20. The van der Waals surface area contributed by atoms with Crippen LogP contribution in [0, 0.1) is 6.92 Å². The van der Waals surface area contributed by atoms with Crippen molar-refractivity contribution in [2.75, 3.05) is 13.1 Å². The largest absolute Gasteiger partial charge is 0.354 e. The maximum atomic E-state index is 11.4. The Morgan fingerprint density at radius 3 is 3.00 bits per heavy atom. The molecule has 0 saturated carbocycles. The zero-order valence-corrected chi connectivity index (χ0v) is 9.42. The molecule has 0 aliphatic heterocycles. The van der Waals surface area contributed by atoms with E-state index in [4.69, 9.17) is 17.3 Å². The Kier molecular flexibility index (Phi) is 4.58. The Balaban J connectivity index is 2.41. The van der Waals surface area contributed by atoms with E-state index in [0.29, 0.717) is 18.1 Å². The second-order valence-electron chi connectivity index (χ2n) is 3.23. The van der Waals surface area contributed by atoms with Crippen molar-refractivity contribution in [3.05, 3.63) is 16.9 Å². The molecule has 1 rings (SSSR count). The van der Waals surface area contributed by atoms with Gasteiger partial charge in [-0.2, -0.15) is 5.10 Å². The molecule has 0 unspecified atom stereocenters. The van der Waals surface area contributed by atoms with Gasteiger partial charge in [-0.1, -0.05) is 11.6 Å². The highest BCUT2D eigenvalue weighted by molar-refractivity contribution is 6.31. The lowest BCUT2D eigenvalue weighted by Crippen LogP contribution is -2.30. The maximum Gasteiger partial charge on any atom is 0.241 e. The van der Waals surface area contributed by atoms with Gasteiger partial charge in [-0.05, 0) is 19.9 Å². The summed E-state index contributed by atoms with van der Waals surface area (Å²) in [6.07, 6.45) is 2.31. The van der Waals surface area contributed by atoms with E-state index < -0.39 is 0 Å². The molecule has 0 bridgehead atoms. The highest BCUT2D eigenvalue weighted by Gasteiger charge is 2.07. The van der Waals surface area contributed by atoms with Crippen molar-refractivity contribution >= 4 is 17.5 Å². The summed E-state index contributed by atoms with van der Waals surface area (Å²) in [7, 11) is 0. The van der Waals surface area contributed by atoms with Gasteiger partial charge in [0.2, 0.25) is 5.91 Å². The minimum Gasteiger partial charge on any atom is -0.354 e. The summed E-state index contributed by atoms with van der Waals surface area (Å²) in [5.41, 5.74) is 6.11. The lowest BCUT2D eigenvalue weighted by Gasteiger charge is -2.05. The number of carbonyl (C=O) groups excluding carboxylic acids is 1. The van der Waals surface area contributed by atoms with Gasteiger partial charge in [0.15, 0.2) is 0 Å². The van der Waals surface area contributed by atoms with Crippen molar-refractivity contribution < 1.29 is 4.79 Å². The van der Waals surface area contributed by atoms with Crippen LogP contribution in [0.4, 0.5) is 0 Å². The van der Waals surface area contributed by atoms with E-state index in [1.807, 2.05) is 6.92 Å². The molecule has 3 N–H and O–H groups in total. The molecule has 6 heteroatoms. The maximum absolute atomic E-state index is 11.4. The third-order valence-corrected chi connectivity index (χ3v) is 2.41. The number of nitrogens with zero attached hydrogens (tertiary/aromatic N) is 2.